The first-order valence-corrected chi connectivity index (χ1v) is 14.3. The summed E-state index contributed by atoms with van der Waals surface area (Å²) in [5.74, 6) is -8.29. The van der Waals surface area contributed by atoms with E-state index in [0.717, 1.165) is 12.1 Å². The highest BCUT2D eigenvalue weighted by Crippen LogP contribution is 2.47. The number of benzene rings is 3. The summed E-state index contributed by atoms with van der Waals surface area (Å²) >= 11 is 0. The summed E-state index contributed by atoms with van der Waals surface area (Å²) in [5, 5.41) is 23.8. The molecular weight excluding hydrogens is 600 g/mol. The maximum absolute atomic E-state index is 14.5. The van der Waals surface area contributed by atoms with Crippen LogP contribution in [0.15, 0.2) is 54.7 Å². The molecule has 1 aromatic heterocycles. The average Bonchev–Trinajstić information content (AvgIpc) is 3.65. The van der Waals surface area contributed by atoms with E-state index in [4.69, 9.17) is 18.9 Å². The number of aromatic nitrogens is 3. The third-order valence-electron chi connectivity index (χ3n) is 8.53. The number of nitrogens with zero attached hydrogens (tertiary/aromatic N) is 3. The molecule has 3 aliphatic rings. The van der Waals surface area contributed by atoms with Crippen LogP contribution in [0.3, 0.4) is 0 Å². The second kappa shape index (κ2) is 10.8. The number of ether oxygens (including phenoxy) is 4. The monoisotopic (exact) mass is 628 g/mol. The maximum atomic E-state index is 14.5. The van der Waals surface area contributed by atoms with Crippen molar-refractivity contribution in [2.24, 2.45) is 0 Å². The first-order valence-electron chi connectivity index (χ1n) is 14.3. The predicted molar refractivity (Wildman–Crippen MR) is 149 cm³/mol. The molecule has 1 amide bonds. The number of hydrogen-bond acceptors (Lipinski definition) is 8. The zero-order valence-corrected chi connectivity index (χ0v) is 24.0. The Balaban J connectivity index is 1.24. The lowest BCUT2D eigenvalue weighted by Crippen LogP contribution is -2.71. The van der Waals surface area contributed by atoms with Crippen molar-refractivity contribution in [3.05, 3.63) is 83.6 Å². The maximum Gasteiger partial charge on any atom is 0.252 e. The van der Waals surface area contributed by atoms with Crippen LogP contribution in [0.4, 0.5) is 17.6 Å². The molecule has 0 saturated carbocycles. The van der Waals surface area contributed by atoms with Crippen LogP contribution in [0.5, 0.6) is 0 Å². The Kier molecular flexibility index (Phi) is 7.17. The molecule has 0 radical (unpaired) electrons. The van der Waals surface area contributed by atoms with E-state index in [1.165, 1.54) is 23.0 Å². The highest BCUT2D eigenvalue weighted by molar-refractivity contribution is 6.07. The van der Waals surface area contributed by atoms with Crippen LogP contribution in [0.1, 0.15) is 36.7 Å². The number of carbonyl (C=O) groups is 1. The summed E-state index contributed by atoms with van der Waals surface area (Å²) in [5.41, 5.74) is 0.149. The zero-order valence-electron chi connectivity index (χ0n) is 24.0. The van der Waals surface area contributed by atoms with Crippen LogP contribution in [0.25, 0.3) is 22.0 Å². The summed E-state index contributed by atoms with van der Waals surface area (Å²) in [4.78, 5) is 13.6. The minimum atomic E-state index is -1.80. The summed E-state index contributed by atoms with van der Waals surface area (Å²) < 4.78 is 81.8. The Bertz CT molecular complexity index is 1780. The topological polar surface area (TPSA) is 117 Å². The van der Waals surface area contributed by atoms with Gasteiger partial charge in [0.05, 0.1) is 25.5 Å². The van der Waals surface area contributed by atoms with Gasteiger partial charge in [0.25, 0.3) is 5.91 Å². The largest absolute Gasteiger partial charge is 0.385 e. The van der Waals surface area contributed by atoms with Gasteiger partial charge in [0.2, 0.25) is 5.79 Å². The lowest BCUT2D eigenvalue weighted by atomic mass is 9.85. The Hall–Kier alpha value is -3.95. The van der Waals surface area contributed by atoms with Crippen molar-refractivity contribution >= 4 is 16.7 Å². The van der Waals surface area contributed by atoms with Crippen LogP contribution < -0.4 is 5.32 Å². The quantitative estimate of drug-likeness (QED) is 0.257. The smallest absolute Gasteiger partial charge is 0.252 e. The molecule has 14 heteroatoms. The van der Waals surface area contributed by atoms with E-state index >= 15 is 0 Å². The fraction of sp³-hybridized carbons (Fsp3) is 0.387. The van der Waals surface area contributed by atoms with E-state index < -0.39 is 71.1 Å². The Morgan fingerprint density at radius 2 is 1.73 bits per heavy atom. The molecule has 0 unspecified atom stereocenters. The summed E-state index contributed by atoms with van der Waals surface area (Å²) in [7, 11) is 0. The van der Waals surface area contributed by atoms with Gasteiger partial charge in [-0.3, -0.25) is 4.79 Å². The molecule has 3 aromatic carbocycles. The molecule has 236 valence electrons. The van der Waals surface area contributed by atoms with Gasteiger partial charge in [-0.05, 0) is 49.9 Å². The average molecular weight is 629 g/mol. The first kappa shape index (κ1) is 29.7. The Labute approximate surface area is 253 Å². The molecule has 45 heavy (non-hydrogen) atoms. The van der Waals surface area contributed by atoms with Crippen molar-refractivity contribution in [2.45, 2.75) is 62.2 Å². The molecule has 3 fully saturated rings. The molecule has 3 aliphatic heterocycles. The number of fused-ring (bicyclic) bond motifs is 2. The molecule has 10 nitrogen and oxygen atoms in total. The number of hydrogen-bond donors (Lipinski definition) is 2. The standard InChI is InChI=1S/C31H28F4N4O6/c1-30(2)43-14-23-27(45-30)26(39-13-22(37-38-39)15-11-20(33)25(35)21(34)12-15)28(40)31(44-23)24(9-10-42-31)36-29(41)18-7-8-19(32)17-6-4-3-5-16(17)18/h3-8,11-13,23-24,26-28,40H,9-10,14H2,1-2H3,(H,36,41)/t23-,24-,26+,27+,28-,31+/m1/s1. The van der Waals surface area contributed by atoms with Gasteiger partial charge < -0.3 is 29.4 Å². The van der Waals surface area contributed by atoms with E-state index in [0.29, 0.717) is 5.39 Å². The van der Waals surface area contributed by atoms with Gasteiger partial charge in [-0.2, -0.15) is 0 Å². The lowest BCUT2D eigenvalue weighted by Gasteiger charge is -2.54. The zero-order chi connectivity index (χ0) is 31.7. The van der Waals surface area contributed by atoms with Crippen molar-refractivity contribution in [1.82, 2.24) is 20.3 Å². The van der Waals surface area contributed by atoms with Gasteiger partial charge in [0.15, 0.2) is 23.2 Å². The highest BCUT2D eigenvalue weighted by atomic mass is 19.2. The molecular formula is C31H28F4N4O6. The molecule has 6 atom stereocenters. The molecule has 2 N–H and O–H groups in total. The van der Waals surface area contributed by atoms with Gasteiger partial charge in [-0.1, -0.05) is 29.5 Å². The minimum absolute atomic E-state index is 0.00351. The van der Waals surface area contributed by atoms with Gasteiger partial charge in [-0.25, -0.2) is 22.2 Å². The number of amides is 1. The molecule has 0 bridgehead atoms. The van der Waals surface area contributed by atoms with Crippen LogP contribution >= 0.6 is 0 Å². The van der Waals surface area contributed by atoms with Crippen molar-refractivity contribution in [3.8, 4) is 11.3 Å². The summed E-state index contributed by atoms with van der Waals surface area (Å²) in [6, 6.07) is 8.82. The SMILES string of the molecule is CC1(C)OC[C@H]2O[C@]3(OCC[C@H]3NC(=O)c3ccc(F)c4ccccc34)[C@H](O)[C@@H](n3cc(-c4cc(F)c(F)c(F)c4)nn3)[C@H]2O1. The second-order valence-electron chi connectivity index (χ2n) is 11.7. The molecule has 0 aliphatic carbocycles. The fourth-order valence-corrected chi connectivity index (χ4v) is 6.40. The number of nitrogens with one attached hydrogen (secondary N) is 1. The van der Waals surface area contributed by atoms with Crippen molar-refractivity contribution in [3.63, 3.8) is 0 Å². The van der Waals surface area contributed by atoms with Crippen molar-refractivity contribution in [2.75, 3.05) is 13.2 Å². The summed E-state index contributed by atoms with van der Waals surface area (Å²) in [6.07, 6.45) is -1.61. The van der Waals surface area contributed by atoms with Gasteiger partial charge in [0, 0.05) is 16.5 Å². The number of aliphatic hydroxyl groups is 1. The molecule has 3 saturated heterocycles. The number of aliphatic hydroxyl groups excluding tert-OH is 1. The van der Waals surface area contributed by atoms with E-state index in [1.807, 2.05) is 0 Å². The van der Waals surface area contributed by atoms with Crippen molar-refractivity contribution in [1.29, 1.82) is 0 Å². The third-order valence-corrected chi connectivity index (χ3v) is 8.53. The number of carbonyl (C=O) groups excluding carboxylic acids is 1. The highest BCUT2D eigenvalue weighted by Gasteiger charge is 2.64. The molecule has 7 rings (SSSR count). The van der Waals surface area contributed by atoms with E-state index in [2.05, 4.69) is 15.6 Å². The Morgan fingerprint density at radius 1 is 1.00 bits per heavy atom. The van der Waals surface area contributed by atoms with Crippen LogP contribution in [0.2, 0.25) is 0 Å². The van der Waals surface area contributed by atoms with Gasteiger partial charge in [-0.15, -0.1) is 5.10 Å². The summed E-state index contributed by atoms with van der Waals surface area (Å²) in [6.45, 7) is 3.53. The van der Waals surface area contributed by atoms with Crippen molar-refractivity contribution < 1.29 is 46.4 Å². The van der Waals surface area contributed by atoms with Gasteiger partial charge in [0.1, 0.15) is 35.9 Å². The van der Waals surface area contributed by atoms with Crippen LogP contribution in [0, 0.1) is 23.3 Å². The molecule has 1 spiro atoms. The van der Waals surface area contributed by atoms with Gasteiger partial charge >= 0.3 is 0 Å². The Morgan fingerprint density at radius 3 is 2.49 bits per heavy atom. The normalized spacial score (nSPS) is 29.2. The molecule has 4 heterocycles. The number of halogens is 4. The van der Waals surface area contributed by atoms with Crippen LogP contribution in [-0.4, -0.2) is 75.1 Å². The molecule has 4 aromatic rings. The van der Waals surface area contributed by atoms with E-state index in [1.54, 1.807) is 38.1 Å². The minimum Gasteiger partial charge on any atom is -0.385 e. The van der Waals surface area contributed by atoms with E-state index in [-0.39, 0.29) is 41.8 Å². The fourth-order valence-electron chi connectivity index (χ4n) is 6.40. The predicted octanol–water partition coefficient (Wildman–Crippen LogP) is 4.02. The number of rotatable bonds is 4. The first-order chi connectivity index (χ1) is 21.5. The second-order valence-corrected chi connectivity index (χ2v) is 11.7. The van der Waals surface area contributed by atoms with Crippen LogP contribution in [-0.2, 0) is 18.9 Å². The lowest BCUT2D eigenvalue weighted by molar-refractivity contribution is -0.402. The third kappa shape index (κ3) is 4.97. The van der Waals surface area contributed by atoms with E-state index in [9.17, 15) is 27.5 Å².